The van der Waals surface area contributed by atoms with Crippen LogP contribution in [-0.2, 0) is 4.74 Å². The lowest BCUT2D eigenvalue weighted by Gasteiger charge is -2.10. The number of ether oxygens (including phenoxy) is 1. The van der Waals surface area contributed by atoms with E-state index in [-0.39, 0.29) is 17.2 Å². The second-order valence-electron chi connectivity index (χ2n) is 6.34. The third-order valence-corrected chi connectivity index (χ3v) is 4.43. The van der Waals surface area contributed by atoms with E-state index in [0.717, 1.165) is 11.4 Å². The summed E-state index contributed by atoms with van der Waals surface area (Å²) in [6.45, 7) is 3.22. The summed E-state index contributed by atoms with van der Waals surface area (Å²) < 4.78 is 20.1. The minimum Gasteiger partial charge on any atom is -0.454 e. The molecule has 0 aliphatic rings. The lowest BCUT2D eigenvalue weighted by molar-refractivity contribution is 0.0474. The molecule has 3 rings (SSSR count). The second-order valence-corrected chi connectivity index (χ2v) is 6.34. The third kappa shape index (κ3) is 3.91. The van der Waals surface area contributed by atoms with Gasteiger partial charge in [-0.25, -0.2) is 9.18 Å². The van der Waals surface area contributed by atoms with Gasteiger partial charge in [0.2, 0.25) is 5.78 Å². The van der Waals surface area contributed by atoms with Gasteiger partial charge in [-0.3, -0.25) is 9.59 Å². The number of aldehydes is 1. The van der Waals surface area contributed by atoms with E-state index in [2.05, 4.69) is 0 Å². The van der Waals surface area contributed by atoms with Gasteiger partial charge in [0.25, 0.3) is 0 Å². The number of hydrogen-bond acceptors (Lipinski definition) is 4. The molecule has 0 bridgehead atoms. The minimum atomic E-state index is -0.641. The first-order valence-electron chi connectivity index (χ1n) is 8.61. The van der Waals surface area contributed by atoms with Crippen LogP contribution in [0.1, 0.15) is 42.5 Å². The number of aryl methyl sites for hydroxylation is 1. The number of Topliss-reactive ketones (excluding diaryl/α,β-unsaturated/α-hetero) is 1. The number of carbonyl (C=O) groups excluding carboxylic acids is 3. The molecule has 0 spiro atoms. The van der Waals surface area contributed by atoms with Gasteiger partial charge in [0.15, 0.2) is 6.61 Å². The fourth-order valence-corrected chi connectivity index (χ4v) is 3.02. The summed E-state index contributed by atoms with van der Waals surface area (Å²) in [5, 5.41) is 0. The Bertz CT molecular complexity index is 1030. The number of rotatable bonds is 6. The first-order valence-corrected chi connectivity index (χ1v) is 8.61. The Balaban J connectivity index is 1.74. The number of nitrogens with zero attached hydrogens (tertiary/aromatic N) is 1. The van der Waals surface area contributed by atoms with Crippen molar-refractivity contribution in [3.63, 3.8) is 0 Å². The highest BCUT2D eigenvalue weighted by molar-refractivity contribution is 6.00. The zero-order chi connectivity index (χ0) is 20.3. The summed E-state index contributed by atoms with van der Waals surface area (Å²) >= 11 is 0. The molecule has 0 aliphatic carbocycles. The number of benzene rings is 2. The molecule has 0 saturated carbocycles. The highest BCUT2D eigenvalue weighted by Crippen LogP contribution is 2.21. The standard InChI is InChI=1S/C22H18FNO4/c1-14-11-20(15(2)24(14)19-9-7-18(23)8-10-19)21(26)13-28-22(27)17-5-3-16(12-25)4-6-17/h3-12H,13H2,1-2H3. The highest BCUT2D eigenvalue weighted by atomic mass is 19.1. The Morgan fingerprint density at radius 1 is 1.04 bits per heavy atom. The normalized spacial score (nSPS) is 10.5. The van der Waals surface area contributed by atoms with Crippen molar-refractivity contribution < 1.29 is 23.5 Å². The van der Waals surface area contributed by atoms with E-state index in [0.29, 0.717) is 23.1 Å². The van der Waals surface area contributed by atoms with Crippen LogP contribution >= 0.6 is 0 Å². The minimum absolute atomic E-state index is 0.259. The van der Waals surface area contributed by atoms with E-state index in [1.54, 1.807) is 25.1 Å². The molecule has 1 heterocycles. The van der Waals surface area contributed by atoms with Gasteiger partial charge in [0, 0.05) is 28.2 Å². The molecule has 0 radical (unpaired) electrons. The molecule has 0 aliphatic heterocycles. The zero-order valence-corrected chi connectivity index (χ0v) is 15.4. The summed E-state index contributed by atoms with van der Waals surface area (Å²) in [7, 11) is 0. The average molecular weight is 379 g/mol. The maximum atomic E-state index is 13.2. The van der Waals surface area contributed by atoms with Crippen molar-refractivity contribution in [2.24, 2.45) is 0 Å². The van der Waals surface area contributed by atoms with E-state index in [1.807, 2.05) is 11.5 Å². The molecule has 1 aromatic heterocycles. The molecule has 0 unspecified atom stereocenters. The first-order chi connectivity index (χ1) is 13.4. The molecular weight excluding hydrogens is 361 g/mol. The van der Waals surface area contributed by atoms with Crippen LogP contribution in [0.3, 0.4) is 0 Å². The van der Waals surface area contributed by atoms with Crippen molar-refractivity contribution in [1.82, 2.24) is 4.57 Å². The van der Waals surface area contributed by atoms with Crippen LogP contribution in [-0.4, -0.2) is 29.2 Å². The summed E-state index contributed by atoms with van der Waals surface area (Å²) in [6.07, 6.45) is 0.676. The maximum Gasteiger partial charge on any atom is 0.338 e. The molecule has 0 N–H and O–H groups in total. The summed E-state index contributed by atoms with van der Waals surface area (Å²) in [4.78, 5) is 35.3. The van der Waals surface area contributed by atoms with Crippen molar-refractivity contribution in [2.75, 3.05) is 6.61 Å². The van der Waals surface area contributed by atoms with Gasteiger partial charge < -0.3 is 9.30 Å². The summed E-state index contributed by atoms with van der Waals surface area (Å²) in [5.41, 5.74) is 3.37. The number of carbonyl (C=O) groups is 3. The molecule has 28 heavy (non-hydrogen) atoms. The Labute approximate surface area is 161 Å². The van der Waals surface area contributed by atoms with Crippen LogP contribution in [0.2, 0.25) is 0 Å². The van der Waals surface area contributed by atoms with E-state index in [1.165, 1.54) is 36.4 Å². The van der Waals surface area contributed by atoms with Crippen LogP contribution in [0.4, 0.5) is 4.39 Å². The second kappa shape index (κ2) is 8.00. The number of esters is 1. The molecule has 3 aromatic rings. The van der Waals surface area contributed by atoms with E-state index >= 15 is 0 Å². The SMILES string of the molecule is Cc1cc(C(=O)COC(=O)c2ccc(C=O)cc2)c(C)n1-c1ccc(F)cc1. The lowest BCUT2D eigenvalue weighted by atomic mass is 10.1. The molecule has 142 valence electrons. The molecule has 5 nitrogen and oxygen atoms in total. The van der Waals surface area contributed by atoms with Crippen LogP contribution in [0, 0.1) is 19.7 Å². The zero-order valence-electron chi connectivity index (χ0n) is 15.4. The van der Waals surface area contributed by atoms with Crippen molar-refractivity contribution >= 4 is 18.0 Å². The molecule has 6 heteroatoms. The Hall–Kier alpha value is -3.54. The molecular formula is C22H18FNO4. The molecule has 2 aromatic carbocycles. The van der Waals surface area contributed by atoms with Gasteiger partial charge in [-0.15, -0.1) is 0 Å². The Morgan fingerprint density at radius 3 is 2.29 bits per heavy atom. The van der Waals surface area contributed by atoms with Gasteiger partial charge in [-0.2, -0.15) is 0 Å². The highest BCUT2D eigenvalue weighted by Gasteiger charge is 2.18. The third-order valence-electron chi connectivity index (χ3n) is 4.43. The van der Waals surface area contributed by atoms with E-state index in [4.69, 9.17) is 4.74 Å². The molecule has 0 fully saturated rings. The Morgan fingerprint density at radius 2 is 1.68 bits per heavy atom. The smallest absolute Gasteiger partial charge is 0.338 e. The van der Waals surface area contributed by atoms with Crippen molar-refractivity contribution in [3.8, 4) is 5.69 Å². The van der Waals surface area contributed by atoms with E-state index < -0.39 is 12.6 Å². The van der Waals surface area contributed by atoms with Gasteiger partial charge >= 0.3 is 5.97 Å². The number of halogens is 1. The van der Waals surface area contributed by atoms with Gasteiger partial charge in [-0.1, -0.05) is 12.1 Å². The van der Waals surface area contributed by atoms with Crippen LogP contribution < -0.4 is 0 Å². The number of aromatic nitrogens is 1. The van der Waals surface area contributed by atoms with Crippen LogP contribution in [0.15, 0.2) is 54.6 Å². The molecule has 0 amide bonds. The predicted octanol–water partition coefficient (Wildman–Crippen LogP) is 4.09. The predicted molar refractivity (Wildman–Crippen MR) is 102 cm³/mol. The van der Waals surface area contributed by atoms with Gasteiger partial charge in [-0.05, 0) is 56.3 Å². The lowest BCUT2D eigenvalue weighted by Crippen LogP contribution is -2.15. The number of ketones is 1. The topological polar surface area (TPSA) is 65.4 Å². The van der Waals surface area contributed by atoms with Crippen LogP contribution in [0.25, 0.3) is 5.69 Å². The van der Waals surface area contributed by atoms with Gasteiger partial charge in [0.05, 0.1) is 5.56 Å². The maximum absolute atomic E-state index is 13.2. The quantitative estimate of drug-likeness (QED) is 0.368. The molecule has 0 saturated heterocycles. The molecule has 0 atom stereocenters. The Kier molecular flexibility index (Phi) is 5.49. The summed E-state index contributed by atoms with van der Waals surface area (Å²) in [6, 6.07) is 13.6. The van der Waals surface area contributed by atoms with E-state index in [9.17, 15) is 18.8 Å². The fourth-order valence-electron chi connectivity index (χ4n) is 3.02. The van der Waals surface area contributed by atoms with Crippen molar-refractivity contribution in [1.29, 1.82) is 0 Å². The first kappa shape index (κ1) is 19.2. The van der Waals surface area contributed by atoms with Crippen molar-refractivity contribution in [3.05, 3.63) is 88.5 Å². The number of hydrogen-bond donors (Lipinski definition) is 0. The van der Waals surface area contributed by atoms with Crippen LogP contribution in [0.5, 0.6) is 0 Å². The fraction of sp³-hybridized carbons (Fsp3) is 0.136. The monoisotopic (exact) mass is 379 g/mol. The largest absolute Gasteiger partial charge is 0.454 e. The van der Waals surface area contributed by atoms with Gasteiger partial charge in [0.1, 0.15) is 12.1 Å². The van der Waals surface area contributed by atoms with Crippen molar-refractivity contribution in [2.45, 2.75) is 13.8 Å². The summed E-state index contributed by atoms with van der Waals surface area (Å²) in [5.74, 6) is -1.31. The average Bonchev–Trinajstić information content (AvgIpc) is 3.01.